The quantitative estimate of drug-likeness (QED) is 0.788. The first-order valence-electron chi connectivity index (χ1n) is 7.38. The minimum atomic E-state index is -0.448. The number of furan rings is 1. The van der Waals surface area contributed by atoms with Gasteiger partial charge >= 0.3 is 0 Å². The second kappa shape index (κ2) is 8.01. The summed E-state index contributed by atoms with van der Waals surface area (Å²) in [6.07, 6.45) is 0. The van der Waals surface area contributed by atoms with Gasteiger partial charge in [0.1, 0.15) is 5.75 Å². The fraction of sp³-hybridized carbons (Fsp3) is 0.294. The van der Waals surface area contributed by atoms with E-state index in [1.165, 1.54) is 6.07 Å². The summed E-state index contributed by atoms with van der Waals surface area (Å²) in [5.74, 6) is 0.0996. The minimum Gasteiger partial charge on any atom is -0.496 e. The molecule has 0 unspecified atom stereocenters. The first-order valence-corrected chi connectivity index (χ1v) is 8.17. The average molecular weight is 395 g/mol. The van der Waals surface area contributed by atoms with Crippen molar-refractivity contribution in [2.45, 2.75) is 19.9 Å². The third kappa shape index (κ3) is 4.61. The number of rotatable bonds is 6. The summed E-state index contributed by atoms with van der Waals surface area (Å²) in [6.45, 7) is 3.69. The Labute approximate surface area is 148 Å². The first kappa shape index (κ1) is 18.1. The van der Waals surface area contributed by atoms with Gasteiger partial charge in [-0.1, -0.05) is 17.7 Å². The van der Waals surface area contributed by atoms with Crippen molar-refractivity contribution in [3.05, 3.63) is 51.9 Å². The highest BCUT2D eigenvalue weighted by molar-refractivity contribution is 9.10. The number of aryl methyl sites for hydroxylation is 1. The molecule has 6 nitrogen and oxygen atoms in total. The Balaban J connectivity index is 1.92. The predicted molar refractivity (Wildman–Crippen MR) is 93.0 cm³/mol. The van der Waals surface area contributed by atoms with Gasteiger partial charge in [-0.15, -0.1) is 0 Å². The SMILES string of the molecule is COc1ccc(C)cc1[C@H](C)NC(=O)CNC(=O)c1ccc(Br)o1. The van der Waals surface area contributed by atoms with Crippen LogP contribution in [0.2, 0.25) is 0 Å². The van der Waals surface area contributed by atoms with Crippen LogP contribution in [0.15, 0.2) is 39.4 Å². The summed E-state index contributed by atoms with van der Waals surface area (Å²) in [5.41, 5.74) is 1.95. The van der Waals surface area contributed by atoms with Gasteiger partial charge in [0, 0.05) is 5.56 Å². The lowest BCUT2D eigenvalue weighted by molar-refractivity contribution is -0.120. The Kier molecular flexibility index (Phi) is 6.03. The zero-order valence-electron chi connectivity index (χ0n) is 13.7. The van der Waals surface area contributed by atoms with Crippen molar-refractivity contribution in [2.24, 2.45) is 0 Å². The molecule has 24 heavy (non-hydrogen) atoms. The Morgan fingerprint density at radius 2 is 2.04 bits per heavy atom. The van der Waals surface area contributed by atoms with Crippen LogP contribution in [0.5, 0.6) is 5.75 Å². The van der Waals surface area contributed by atoms with Crippen LogP contribution in [0.3, 0.4) is 0 Å². The van der Waals surface area contributed by atoms with E-state index in [1.807, 2.05) is 32.0 Å². The third-order valence-electron chi connectivity index (χ3n) is 3.44. The largest absolute Gasteiger partial charge is 0.496 e. The van der Waals surface area contributed by atoms with Crippen LogP contribution in [-0.2, 0) is 4.79 Å². The van der Waals surface area contributed by atoms with Crippen LogP contribution < -0.4 is 15.4 Å². The van der Waals surface area contributed by atoms with Gasteiger partial charge in [0.05, 0.1) is 19.7 Å². The number of nitrogens with one attached hydrogen (secondary N) is 2. The summed E-state index contributed by atoms with van der Waals surface area (Å²) in [5, 5.41) is 5.35. The summed E-state index contributed by atoms with van der Waals surface area (Å²) in [6, 6.07) is 8.66. The Bertz CT molecular complexity index is 742. The topological polar surface area (TPSA) is 80.6 Å². The van der Waals surface area contributed by atoms with Crippen LogP contribution in [0.25, 0.3) is 0 Å². The maximum absolute atomic E-state index is 12.0. The molecule has 0 bridgehead atoms. The van der Waals surface area contributed by atoms with Crippen LogP contribution >= 0.6 is 15.9 Å². The maximum Gasteiger partial charge on any atom is 0.287 e. The molecule has 0 saturated heterocycles. The molecular weight excluding hydrogens is 376 g/mol. The minimum absolute atomic E-state index is 0.142. The summed E-state index contributed by atoms with van der Waals surface area (Å²) < 4.78 is 10.9. The highest BCUT2D eigenvalue weighted by Gasteiger charge is 2.16. The third-order valence-corrected chi connectivity index (χ3v) is 3.86. The van der Waals surface area contributed by atoms with E-state index >= 15 is 0 Å². The van der Waals surface area contributed by atoms with E-state index in [0.29, 0.717) is 10.4 Å². The Morgan fingerprint density at radius 3 is 2.67 bits per heavy atom. The molecule has 1 heterocycles. The van der Waals surface area contributed by atoms with Crippen molar-refractivity contribution < 1.29 is 18.7 Å². The molecule has 2 aromatic rings. The zero-order chi connectivity index (χ0) is 17.7. The molecule has 0 aliphatic carbocycles. The number of carbonyl (C=O) groups excluding carboxylic acids is 2. The summed E-state index contributed by atoms with van der Waals surface area (Å²) >= 11 is 3.12. The van der Waals surface area contributed by atoms with E-state index in [2.05, 4.69) is 26.6 Å². The highest BCUT2D eigenvalue weighted by Crippen LogP contribution is 2.25. The zero-order valence-corrected chi connectivity index (χ0v) is 15.3. The highest BCUT2D eigenvalue weighted by atomic mass is 79.9. The fourth-order valence-electron chi connectivity index (χ4n) is 2.25. The van der Waals surface area contributed by atoms with E-state index in [9.17, 15) is 9.59 Å². The molecule has 128 valence electrons. The number of methoxy groups -OCH3 is 1. The van der Waals surface area contributed by atoms with Crippen LogP contribution in [0, 0.1) is 6.92 Å². The molecule has 2 rings (SSSR count). The molecule has 0 saturated carbocycles. The molecule has 1 atom stereocenters. The van der Waals surface area contributed by atoms with Crippen molar-refractivity contribution in [3.8, 4) is 5.75 Å². The summed E-state index contributed by atoms with van der Waals surface area (Å²) in [4.78, 5) is 23.9. The van der Waals surface area contributed by atoms with Gasteiger partial charge in [-0.05, 0) is 48.0 Å². The van der Waals surface area contributed by atoms with Crippen LogP contribution in [0.4, 0.5) is 0 Å². The second-order valence-corrected chi connectivity index (χ2v) is 6.10. The molecular formula is C17H19BrN2O4. The number of ether oxygens (including phenoxy) is 1. The average Bonchev–Trinajstić information content (AvgIpc) is 2.99. The molecule has 2 amide bonds. The van der Waals surface area contributed by atoms with Gasteiger partial charge in [0.25, 0.3) is 5.91 Å². The van der Waals surface area contributed by atoms with E-state index in [0.717, 1.165) is 11.1 Å². The lowest BCUT2D eigenvalue weighted by Crippen LogP contribution is -2.38. The predicted octanol–water partition coefficient (Wildman–Crippen LogP) is 2.97. The molecule has 2 N–H and O–H groups in total. The van der Waals surface area contributed by atoms with Gasteiger partial charge in [-0.25, -0.2) is 0 Å². The lowest BCUT2D eigenvalue weighted by Gasteiger charge is -2.18. The Hall–Kier alpha value is -2.28. The van der Waals surface area contributed by atoms with Crippen molar-refractivity contribution in [1.82, 2.24) is 10.6 Å². The summed E-state index contributed by atoms with van der Waals surface area (Å²) in [7, 11) is 1.59. The Morgan fingerprint density at radius 1 is 1.29 bits per heavy atom. The van der Waals surface area contributed by atoms with Gasteiger partial charge in [0.15, 0.2) is 10.4 Å². The second-order valence-electron chi connectivity index (χ2n) is 5.32. The van der Waals surface area contributed by atoms with E-state index in [4.69, 9.17) is 9.15 Å². The molecule has 7 heteroatoms. The van der Waals surface area contributed by atoms with E-state index < -0.39 is 5.91 Å². The molecule has 0 radical (unpaired) electrons. The van der Waals surface area contributed by atoms with Crippen LogP contribution in [-0.4, -0.2) is 25.5 Å². The smallest absolute Gasteiger partial charge is 0.287 e. The van der Waals surface area contributed by atoms with Crippen LogP contribution in [0.1, 0.15) is 34.6 Å². The van der Waals surface area contributed by atoms with Crippen molar-refractivity contribution >= 4 is 27.7 Å². The molecule has 1 aromatic carbocycles. The molecule has 1 aromatic heterocycles. The molecule has 0 aliphatic heterocycles. The normalized spacial score (nSPS) is 11.7. The molecule has 0 aliphatic rings. The number of carbonyl (C=O) groups is 2. The van der Waals surface area contributed by atoms with E-state index in [-0.39, 0.29) is 24.3 Å². The van der Waals surface area contributed by atoms with Crippen molar-refractivity contribution in [1.29, 1.82) is 0 Å². The lowest BCUT2D eigenvalue weighted by atomic mass is 10.0. The molecule has 0 fully saturated rings. The van der Waals surface area contributed by atoms with Crippen molar-refractivity contribution in [2.75, 3.05) is 13.7 Å². The van der Waals surface area contributed by atoms with Gasteiger partial charge in [-0.2, -0.15) is 0 Å². The van der Waals surface area contributed by atoms with Gasteiger partial charge < -0.3 is 19.8 Å². The monoisotopic (exact) mass is 394 g/mol. The number of benzene rings is 1. The van der Waals surface area contributed by atoms with Crippen molar-refractivity contribution in [3.63, 3.8) is 0 Å². The number of amides is 2. The molecule has 0 spiro atoms. The standard InChI is InChI=1S/C17H19BrN2O4/c1-10-4-5-13(23-3)12(8-10)11(2)20-16(21)9-19-17(22)14-6-7-15(18)24-14/h4-8,11H,9H2,1-3H3,(H,19,22)(H,20,21)/t11-/m0/s1. The number of hydrogen-bond donors (Lipinski definition) is 2. The number of halogens is 1. The fourth-order valence-corrected chi connectivity index (χ4v) is 2.55. The maximum atomic E-state index is 12.0. The van der Waals surface area contributed by atoms with E-state index in [1.54, 1.807) is 13.2 Å². The van der Waals surface area contributed by atoms with Gasteiger partial charge in [0.2, 0.25) is 5.91 Å². The number of hydrogen-bond acceptors (Lipinski definition) is 4. The van der Waals surface area contributed by atoms with Gasteiger partial charge in [-0.3, -0.25) is 9.59 Å². The first-order chi connectivity index (χ1) is 11.4.